The van der Waals surface area contributed by atoms with Gasteiger partial charge in [0.25, 0.3) is 5.69 Å². The lowest BCUT2D eigenvalue weighted by atomic mass is 10.1. The number of non-ortho nitro benzene ring substituents is 1. The molecule has 0 fully saturated rings. The molecule has 2 aromatic carbocycles. The number of aryl methyl sites for hydroxylation is 2. The first-order valence-corrected chi connectivity index (χ1v) is 7.24. The Morgan fingerprint density at radius 2 is 1.76 bits per heavy atom. The molecule has 0 radical (unpaired) electrons. The van der Waals surface area contributed by atoms with Crippen LogP contribution in [0.5, 0.6) is 0 Å². The molecular formula is C16H15NO3S. The molecule has 0 bridgehead atoms. The average Bonchev–Trinajstić information content (AvgIpc) is 2.41. The Morgan fingerprint density at radius 1 is 1.10 bits per heavy atom. The highest BCUT2D eigenvalue weighted by atomic mass is 32.2. The molecule has 2 aromatic rings. The number of hydrogen-bond acceptors (Lipinski definition) is 4. The average molecular weight is 301 g/mol. The SMILES string of the molecule is CC(=O)c1cc([N+](=O)[O-])ccc1Sc1ccc(C)cc1C. The maximum absolute atomic E-state index is 11.7. The van der Waals surface area contributed by atoms with Crippen molar-refractivity contribution in [2.45, 2.75) is 30.6 Å². The van der Waals surface area contributed by atoms with E-state index in [4.69, 9.17) is 0 Å². The van der Waals surface area contributed by atoms with E-state index in [0.717, 1.165) is 15.4 Å². The summed E-state index contributed by atoms with van der Waals surface area (Å²) in [4.78, 5) is 23.8. The van der Waals surface area contributed by atoms with Crippen LogP contribution < -0.4 is 0 Å². The standard InChI is InChI=1S/C16H15NO3S/c1-10-4-6-15(11(2)8-10)21-16-7-5-13(17(19)20)9-14(16)12(3)18/h4-9H,1-3H3. The zero-order valence-electron chi connectivity index (χ0n) is 12.0. The number of hydrogen-bond donors (Lipinski definition) is 0. The maximum atomic E-state index is 11.7. The number of nitro benzene ring substituents is 1. The Morgan fingerprint density at radius 3 is 2.33 bits per heavy atom. The Kier molecular flexibility index (Phi) is 4.43. The second-order valence-electron chi connectivity index (χ2n) is 4.86. The zero-order chi connectivity index (χ0) is 15.6. The van der Waals surface area contributed by atoms with Crippen LogP contribution in [0.2, 0.25) is 0 Å². The van der Waals surface area contributed by atoms with E-state index < -0.39 is 4.92 Å². The summed E-state index contributed by atoms with van der Waals surface area (Å²) in [7, 11) is 0. The van der Waals surface area contributed by atoms with Crippen LogP contribution in [-0.2, 0) is 0 Å². The first kappa shape index (κ1) is 15.3. The highest BCUT2D eigenvalue weighted by Gasteiger charge is 2.15. The van der Waals surface area contributed by atoms with Crippen LogP contribution in [0.4, 0.5) is 5.69 Å². The number of Topliss-reactive ketones (excluding diaryl/α,β-unsaturated/α-hetero) is 1. The molecule has 0 spiro atoms. The third-order valence-corrected chi connectivity index (χ3v) is 4.36. The van der Waals surface area contributed by atoms with Crippen molar-refractivity contribution >= 4 is 23.2 Å². The van der Waals surface area contributed by atoms with Crippen LogP contribution in [0.25, 0.3) is 0 Å². The van der Waals surface area contributed by atoms with E-state index in [1.165, 1.54) is 36.4 Å². The number of carbonyl (C=O) groups is 1. The molecule has 0 unspecified atom stereocenters. The van der Waals surface area contributed by atoms with Gasteiger partial charge in [0.2, 0.25) is 0 Å². The van der Waals surface area contributed by atoms with E-state index >= 15 is 0 Å². The number of carbonyl (C=O) groups excluding carboxylic acids is 1. The quantitative estimate of drug-likeness (QED) is 0.471. The topological polar surface area (TPSA) is 60.2 Å². The number of nitrogens with zero attached hydrogens (tertiary/aromatic N) is 1. The molecule has 0 aliphatic carbocycles. The van der Waals surface area contributed by atoms with Crippen LogP contribution in [0.15, 0.2) is 46.2 Å². The van der Waals surface area contributed by atoms with Gasteiger partial charge >= 0.3 is 0 Å². The Balaban J connectivity index is 2.44. The number of nitro groups is 1. The van der Waals surface area contributed by atoms with Gasteiger partial charge in [-0.15, -0.1) is 0 Å². The molecule has 0 saturated carbocycles. The highest BCUT2D eigenvalue weighted by Crippen LogP contribution is 2.34. The van der Waals surface area contributed by atoms with E-state index in [1.807, 2.05) is 26.0 Å². The van der Waals surface area contributed by atoms with Crippen molar-refractivity contribution in [3.8, 4) is 0 Å². The van der Waals surface area contributed by atoms with Crippen LogP contribution in [0, 0.1) is 24.0 Å². The number of ketones is 1. The molecule has 0 atom stereocenters. The number of benzene rings is 2. The molecule has 108 valence electrons. The van der Waals surface area contributed by atoms with Gasteiger partial charge < -0.3 is 0 Å². The lowest BCUT2D eigenvalue weighted by molar-refractivity contribution is -0.384. The van der Waals surface area contributed by atoms with Gasteiger partial charge in [-0.1, -0.05) is 29.5 Å². The minimum absolute atomic E-state index is 0.0646. The Labute approximate surface area is 127 Å². The van der Waals surface area contributed by atoms with Crippen molar-refractivity contribution in [2.75, 3.05) is 0 Å². The van der Waals surface area contributed by atoms with Gasteiger partial charge in [-0.25, -0.2) is 0 Å². The number of rotatable bonds is 4. The molecule has 21 heavy (non-hydrogen) atoms. The summed E-state index contributed by atoms with van der Waals surface area (Å²) in [6, 6.07) is 10.5. The fourth-order valence-electron chi connectivity index (χ4n) is 2.03. The van der Waals surface area contributed by atoms with Gasteiger partial charge in [-0.3, -0.25) is 14.9 Å². The van der Waals surface area contributed by atoms with E-state index in [9.17, 15) is 14.9 Å². The smallest absolute Gasteiger partial charge is 0.270 e. The minimum Gasteiger partial charge on any atom is -0.294 e. The third kappa shape index (κ3) is 3.49. The lowest BCUT2D eigenvalue weighted by Crippen LogP contribution is -1.98. The van der Waals surface area contributed by atoms with Crippen molar-refractivity contribution in [1.82, 2.24) is 0 Å². The predicted octanol–water partition coefficient (Wildman–Crippen LogP) is 4.57. The summed E-state index contributed by atoms with van der Waals surface area (Å²) >= 11 is 1.45. The predicted molar refractivity (Wildman–Crippen MR) is 83.1 cm³/mol. The van der Waals surface area contributed by atoms with E-state index in [0.29, 0.717) is 5.56 Å². The van der Waals surface area contributed by atoms with E-state index in [2.05, 4.69) is 6.07 Å². The fraction of sp³-hybridized carbons (Fsp3) is 0.188. The molecule has 0 aromatic heterocycles. The molecule has 0 aliphatic heterocycles. The summed E-state index contributed by atoms with van der Waals surface area (Å²) in [6.07, 6.45) is 0. The largest absolute Gasteiger partial charge is 0.294 e. The van der Waals surface area contributed by atoms with Crippen LogP contribution >= 0.6 is 11.8 Å². The Hall–Kier alpha value is -2.14. The second-order valence-corrected chi connectivity index (χ2v) is 5.95. The summed E-state index contributed by atoms with van der Waals surface area (Å²) in [5.74, 6) is -0.175. The molecule has 0 saturated heterocycles. The highest BCUT2D eigenvalue weighted by molar-refractivity contribution is 7.99. The van der Waals surface area contributed by atoms with Crippen LogP contribution in [0.3, 0.4) is 0 Å². The van der Waals surface area contributed by atoms with Gasteiger partial charge in [-0.2, -0.15) is 0 Å². The van der Waals surface area contributed by atoms with E-state index in [1.54, 1.807) is 6.07 Å². The van der Waals surface area contributed by atoms with Crippen molar-refractivity contribution < 1.29 is 9.72 Å². The van der Waals surface area contributed by atoms with Gasteiger partial charge in [0.15, 0.2) is 5.78 Å². The van der Waals surface area contributed by atoms with Crippen molar-refractivity contribution in [2.24, 2.45) is 0 Å². The van der Waals surface area contributed by atoms with Crippen molar-refractivity contribution in [3.05, 3.63) is 63.2 Å². The van der Waals surface area contributed by atoms with E-state index in [-0.39, 0.29) is 11.5 Å². The molecule has 0 amide bonds. The molecule has 4 nitrogen and oxygen atoms in total. The normalized spacial score (nSPS) is 10.4. The van der Waals surface area contributed by atoms with Gasteiger partial charge in [0, 0.05) is 27.5 Å². The van der Waals surface area contributed by atoms with Crippen molar-refractivity contribution in [3.63, 3.8) is 0 Å². The molecule has 5 heteroatoms. The second kappa shape index (κ2) is 6.10. The zero-order valence-corrected chi connectivity index (χ0v) is 12.9. The Bertz CT molecular complexity index is 725. The lowest BCUT2D eigenvalue weighted by Gasteiger charge is -2.09. The molecular weight excluding hydrogens is 286 g/mol. The molecule has 0 N–H and O–H groups in total. The molecule has 0 heterocycles. The summed E-state index contributed by atoms with van der Waals surface area (Å²) < 4.78 is 0. The summed E-state index contributed by atoms with van der Waals surface area (Å²) in [5.41, 5.74) is 2.61. The monoisotopic (exact) mass is 301 g/mol. The van der Waals surface area contributed by atoms with Crippen molar-refractivity contribution in [1.29, 1.82) is 0 Å². The summed E-state index contributed by atoms with van der Waals surface area (Å²) in [6.45, 7) is 5.45. The maximum Gasteiger partial charge on any atom is 0.270 e. The first-order chi connectivity index (χ1) is 9.88. The third-order valence-electron chi connectivity index (χ3n) is 3.10. The minimum atomic E-state index is -0.488. The fourth-order valence-corrected chi connectivity index (χ4v) is 3.07. The van der Waals surface area contributed by atoms with Crippen LogP contribution in [-0.4, -0.2) is 10.7 Å². The summed E-state index contributed by atoms with van der Waals surface area (Å²) in [5, 5.41) is 10.8. The molecule has 2 rings (SSSR count). The van der Waals surface area contributed by atoms with Gasteiger partial charge in [0.05, 0.1) is 4.92 Å². The first-order valence-electron chi connectivity index (χ1n) is 6.43. The molecule has 0 aliphatic rings. The van der Waals surface area contributed by atoms with Gasteiger partial charge in [-0.05, 0) is 38.5 Å². The van der Waals surface area contributed by atoms with Crippen LogP contribution in [0.1, 0.15) is 28.4 Å². The van der Waals surface area contributed by atoms with Gasteiger partial charge in [0.1, 0.15) is 0 Å².